The minimum absolute atomic E-state index is 0.466. The van der Waals surface area contributed by atoms with Crippen molar-refractivity contribution in [2.75, 3.05) is 13.1 Å². The molecule has 1 fully saturated rings. The highest BCUT2D eigenvalue weighted by Gasteiger charge is 2.28. The third kappa shape index (κ3) is 4.84. The van der Waals surface area contributed by atoms with Crippen molar-refractivity contribution in [1.29, 1.82) is 0 Å². The Bertz CT molecular complexity index is 178. The van der Waals surface area contributed by atoms with Crippen LogP contribution in [-0.2, 0) is 0 Å². The first-order valence-electron chi connectivity index (χ1n) is 7.18. The predicted molar refractivity (Wildman–Crippen MR) is 71.6 cm³/mol. The normalized spacial score (nSPS) is 20.1. The quantitative estimate of drug-likeness (QED) is 0.655. The van der Waals surface area contributed by atoms with Gasteiger partial charge in [0.05, 0.1) is 0 Å². The Kier molecular flexibility index (Phi) is 6.37. The molecule has 0 bridgehead atoms. The lowest BCUT2D eigenvalue weighted by Crippen LogP contribution is -2.37. The summed E-state index contributed by atoms with van der Waals surface area (Å²) in [5.74, 6) is 0.852. The Morgan fingerprint density at radius 1 is 1.25 bits per heavy atom. The molecule has 96 valence electrons. The van der Waals surface area contributed by atoms with Crippen molar-refractivity contribution in [2.45, 2.75) is 71.4 Å². The lowest BCUT2D eigenvalue weighted by molar-refractivity contribution is 0.192. The minimum Gasteiger partial charge on any atom is -0.327 e. The van der Waals surface area contributed by atoms with Gasteiger partial charge in [-0.15, -0.1) is 0 Å². The van der Waals surface area contributed by atoms with E-state index in [2.05, 4.69) is 25.7 Å². The predicted octanol–water partition coefficient (Wildman–Crippen LogP) is 3.01. The number of nitrogens with two attached hydrogens (primary N) is 1. The molecule has 0 aromatic carbocycles. The molecule has 2 heteroatoms. The third-order valence-corrected chi connectivity index (χ3v) is 3.99. The van der Waals surface area contributed by atoms with Crippen LogP contribution in [0, 0.1) is 5.92 Å². The molecule has 0 aromatic heterocycles. The average Bonchev–Trinajstić information content (AvgIpc) is 3.11. The molecule has 0 heterocycles. The molecule has 0 saturated heterocycles. The van der Waals surface area contributed by atoms with Crippen LogP contribution in [0.2, 0.25) is 0 Å². The Hall–Kier alpha value is -0.0800. The highest BCUT2D eigenvalue weighted by atomic mass is 15.1. The van der Waals surface area contributed by atoms with Crippen molar-refractivity contribution in [1.82, 2.24) is 4.90 Å². The second-order valence-corrected chi connectivity index (χ2v) is 5.44. The van der Waals surface area contributed by atoms with Crippen LogP contribution in [0.3, 0.4) is 0 Å². The molecular weight excluding hydrogens is 196 g/mol. The van der Waals surface area contributed by atoms with Gasteiger partial charge in [-0.05, 0) is 58.0 Å². The van der Waals surface area contributed by atoms with Crippen LogP contribution in [0.15, 0.2) is 0 Å². The highest BCUT2D eigenvalue weighted by Crippen LogP contribution is 2.32. The maximum atomic E-state index is 6.17. The van der Waals surface area contributed by atoms with Crippen molar-refractivity contribution in [2.24, 2.45) is 11.7 Å². The van der Waals surface area contributed by atoms with E-state index >= 15 is 0 Å². The second kappa shape index (κ2) is 7.29. The van der Waals surface area contributed by atoms with Crippen molar-refractivity contribution < 1.29 is 0 Å². The van der Waals surface area contributed by atoms with Gasteiger partial charge in [0.1, 0.15) is 0 Å². The van der Waals surface area contributed by atoms with Gasteiger partial charge in [-0.1, -0.05) is 20.3 Å². The summed E-state index contributed by atoms with van der Waals surface area (Å²) in [6, 6.07) is 1.19. The van der Waals surface area contributed by atoms with Gasteiger partial charge < -0.3 is 10.6 Å². The zero-order valence-electron chi connectivity index (χ0n) is 11.4. The molecule has 2 nitrogen and oxygen atoms in total. The van der Waals surface area contributed by atoms with E-state index in [1.165, 1.54) is 51.6 Å². The molecule has 0 radical (unpaired) electrons. The lowest BCUT2D eigenvalue weighted by Gasteiger charge is -2.29. The van der Waals surface area contributed by atoms with Crippen LogP contribution < -0.4 is 5.73 Å². The summed E-state index contributed by atoms with van der Waals surface area (Å²) in [5.41, 5.74) is 6.17. The molecular formula is C14H30N2. The first-order chi connectivity index (χ1) is 7.69. The summed E-state index contributed by atoms with van der Waals surface area (Å²) in [6.45, 7) is 9.35. The van der Waals surface area contributed by atoms with E-state index < -0.39 is 0 Å². The molecule has 1 rings (SSSR count). The Balaban J connectivity index is 2.24. The van der Waals surface area contributed by atoms with Gasteiger partial charge >= 0.3 is 0 Å². The molecule has 0 spiro atoms. The smallest absolute Gasteiger partial charge is 0.00793 e. The number of unbranched alkanes of at least 4 members (excludes halogenated alkanes) is 1. The fourth-order valence-electron chi connectivity index (χ4n) is 2.25. The van der Waals surface area contributed by atoms with Crippen LogP contribution in [0.25, 0.3) is 0 Å². The molecule has 16 heavy (non-hydrogen) atoms. The molecule has 2 unspecified atom stereocenters. The van der Waals surface area contributed by atoms with E-state index in [-0.39, 0.29) is 0 Å². The number of hydrogen-bond donors (Lipinski definition) is 1. The summed E-state index contributed by atoms with van der Waals surface area (Å²) in [7, 11) is 0. The van der Waals surface area contributed by atoms with Gasteiger partial charge in [0.15, 0.2) is 0 Å². The Morgan fingerprint density at radius 2 is 1.94 bits per heavy atom. The van der Waals surface area contributed by atoms with Gasteiger partial charge in [0.2, 0.25) is 0 Å². The van der Waals surface area contributed by atoms with Crippen molar-refractivity contribution >= 4 is 0 Å². The molecule has 0 aliphatic heterocycles. The summed E-state index contributed by atoms with van der Waals surface area (Å²) >= 11 is 0. The SMILES string of the molecule is CCCCN(CCC(N)C1CC1)C(C)CC. The largest absolute Gasteiger partial charge is 0.327 e. The third-order valence-electron chi connectivity index (χ3n) is 3.99. The number of nitrogens with zero attached hydrogens (tertiary/aromatic N) is 1. The van der Waals surface area contributed by atoms with Gasteiger partial charge in [-0.3, -0.25) is 0 Å². The molecule has 2 atom stereocenters. The van der Waals surface area contributed by atoms with Crippen LogP contribution in [-0.4, -0.2) is 30.1 Å². The van der Waals surface area contributed by atoms with E-state index in [4.69, 9.17) is 5.73 Å². The summed E-state index contributed by atoms with van der Waals surface area (Å²) in [6.07, 6.45) is 7.81. The van der Waals surface area contributed by atoms with Crippen LogP contribution in [0.4, 0.5) is 0 Å². The molecule has 1 aliphatic rings. The van der Waals surface area contributed by atoms with Crippen LogP contribution in [0.5, 0.6) is 0 Å². The van der Waals surface area contributed by atoms with Crippen molar-refractivity contribution in [3.8, 4) is 0 Å². The standard InChI is InChI=1S/C14H30N2/c1-4-6-10-16(12(3)5-2)11-9-14(15)13-7-8-13/h12-14H,4-11,15H2,1-3H3. The lowest BCUT2D eigenvalue weighted by atomic mass is 10.1. The van der Waals surface area contributed by atoms with Gasteiger partial charge in [-0.2, -0.15) is 0 Å². The molecule has 0 aromatic rings. The zero-order valence-corrected chi connectivity index (χ0v) is 11.4. The second-order valence-electron chi connectivity index (χ2n) is 5.44. The van der Waals surface area contributed by atoms with Crippen LogP contribution in [0.1, 0.15) is 59.3 Å². The van der Waals surface area contributed by atoms with Crippen molar-refractivity contribution in [3.05, 3.63) is 0 Å². The summed E-state index contributed by atoms with van der Waals surface area (Å²) in [4.78, 5) is 2.63. The zero-order chi connectivity index (χ0) is 12.0. The number of hydrogen-bond acceptors (Lipinski definition) is 2. The van der Waals surface area contributed by atoms with E-state index in [0.717, 1.165) is 12.0 Å². The van der Waals surface area contributed by atoms with Gasteiger partial charge in [0.25, 0.3) is 0 Å². The fraction of sp³-hybridized carbons (Fsp3) is 1.00. The van der Waals surface area contributed by atoms with E-state index in [1.54, 1.807) is 0 Å². The van der Waals surface area contributed by atoms with E-state index in [1.807, 2.05) is 0 Å². The van der Waals surface area contributed by atoms with Gasteiger partial charge in [0, 0.05) is 12.1 Å². The molecule has 1 aliphatic carbocycles. The fourth-order valence-corrected chi connectivity index (χ4v) is 2.25. The van der Waals surface area contributed by atoms with Crippen LogP contribution >= 0.6 is 0 Å². The van der Waals surface area contributed by atoms with E-state index in [0.29, 0.717) is 6.04 Å². The Labute approximate surface area is 102 Å². The average molecular weight is 226 g/mol. The van der Waals surface area contributed by atoms with E-state index in [9.17, 15) is 0 Å². The maximum Gasteiger partial charge on any atom is 0.00793 e. The summed E-state index contributed by atoms with van der Waals surface area (Å²) in [5, 5.41) is 0. The minimum atomic E-state index is 0.466. The topological polar surface area (TPSA) is 29.3 Å². The molecule has 1 saturated carbocycles. The number of rotatable bonds is 9. The van der Waals surface area contributed by atoms with Crippen molar-refractivity contribution in [3.63, 3.8) is 0 Å². The highest BCUT2D eigenvalue weighted by molar-refractivity contribution is 4.84. The summed E-state index contributed by atoms with van der Waals surface area (Å²) < 4.78 is 0. The molecule has 0 amide bonds. The molecule has 2 N–H and O–H groups in total. The maximum absolute atomic E-state index is 6.17. The first kappa shape index (κ1) is 14.0. The first-order valence-corrected chi connectivity index (χ1v) is 7.18. The monoisotopic (exact) mass is 226 g/mol. The van der Waals surface area contributed by atoms with Gasteiger partial charge in [-0.25, -0.2) is 0 Å². The Morgan fingerprint density at radius 3 is 2.44 bits per heavy atom.